The summed E-state index contributed by atoms with van der Waals surface area (Å²) in [4.78, 5) is 58.6. The quantitative estimate of drug-likeness (QED) is 0.0829. The lowest BCUT2D eigenvalue weighted by Crippen LogP contribution is -2.54. The Kier molecular flexibility index (Phi) is 8.99. The van der Waals surface area contributed by atoms with Crippen molar-refractivity contribution in [2.75, 3.05) is 0 Å². The van der Waals surface area contributed by atoms with Crippen LogP contribution < -0.4 is 18.9 Å². The van der Waals surface area contributed by atoms with Crippen LogP contribution in [0, 0.1) is 5.41 Å². The van der Waals surface area contributed by atoms with Crippen LogP contribution in [-0.4, -0.2) is 23.9 Å². The number of fused-ring (bicyclic) bond motifs is 4. The molecule has 0 unspecified atom stereocenters. The summed E-state index contributed by atoms with van der Waals surface area (Å²) in [5, 5.41) is 5.20. The molecule has 0 saturated carbocycles. The topological polar surface area (TPSA) is 105 Å². The summed E-state index contributed by atoms with van der Waals surface area (Å²) in [6.07, 6.45) is -1.12. The van der Waals surface area contributed by atoms with Gasteiger partial charge in [-0.15, -0.1) is 0 Å². The fourth-order valence-electron chi connectivity index (χ4n) is 6.54. The Balaban J connectivity index is 1.27. The fraction of sp³-hybridized carbons (Fsp3) is 0.0435. The second-order valence-corrected chi connectivity index (χ2v) is 12.6. The van der Waals surface area contributed by atoms with Gasteiger partial charge in [0.15, 0.2) is 0 Å². The molecule has 8 aromatic rings. The average Bonchev–Trinajstić information content (AvgIpc) is 3.20. The SMILES string of the molecule is O=C(CC(C(=O)Oc1cccc2ccccc12)(C(=O)Oc1cccc2ccccc12)C(=O)Oc1cccc2ccccc12)Oc1cccc2ccccc12. The Bertz CT molecular complexity index is 2510. The van der Waals surface area contributed by atoms with Crippen LogP contribution in [0.5, 0.6) is 23.0 Å². The Morgan fingerprint density at radius 3 is 0.907 bits per heavy atom. The van der Waals surface area contributed by atoms with E-state index in [0.717, 1.165) is 21.5 Å². The predicted molar refractivity (Wildman–Crippen MR) is 205 cm³/mol. The molecular formula is C46H30O8. The summed E-state index contributed by atoms with van der Waals surface area (Å²) < 4.78 is 23.7. The lowest BCUT2D eigenvalue weighted by atomic mass is 9.84. The first-order valence-corrected chi connectivity index (χ1v) is 17.2. The van der Waals surface area contributed by atoms with E-state index in [1.165, 1.54) is 18.2 Å². The highest BCUT2D eigenvalue weighted by molar-refractivity contribution is 6.22. The molecule has 8 heteroatoms. The van der Waals surface area contributed by atoms with Gasteiger partial charge in [-0.05, 0) is 45.8 Å². The molecule has 0 saturated heterocycles. The lowest BCUT2D eigenvalue weighted by Gasteiger charge is -2.27. The van der Waals surface area contributed by atoms with Gasteiger partial charge < -0.3 is 18.9 Å². The summed E-state index contributed by atoms with van der Waals surface area (Å²) >= 11 is 0. The zero-order chi connectivity index (χ0) is 37.1. The average molecular weight is 711 g/mol. The Morgan fingerprint density at radius 2 is 0.593 bits per heavy atom. The van der Waals surface area contributed by atoms with Crippen LogP contribution in [0.25, 0.3) is 43.1 Å². The standard InChI is InChI=1S/C46H30O8/c47-42(51-38-25-9-17-30-13-1-5-21-34(30)38)29-46(43(48)52-39-26-10-18-31-14-2-6-22-35(31)39,44(49)53-40-27-11-19-32-15-3-7-23-36(32)40)45(50)54-41-28-12-20-33-16-4-8-24-37(33)41/h1-28H,29H2. The summed E-state index contributed by atoms with van der Waals surface area (Å²) in [5.74, 6) is -4.90. The third-order valence-corrected chi connectivity index (χ3v) is 9.29. The zero-order valence-corrected chi connectivity index (χ0v) is 28.6. The van der Waals surface area contributed by atoms with Gasteiger partial charge in [0.25, 0.3) is 5.41 Å². The summed E-state index contributed by atoms with van der Waals surface area (Å²) in [7, 11) is 0. The van der Waals surface area contributed by atoms with Crippen molar-refractivity contribution in [3.63, 3.8) is 0 Å². The normalized spacial score (nSPS) is 11.3. The lowest BCUT2D eigenvalue weighted by molar-refractivity contribution is -0.175. The number of benzene rings is 8. The summed E-state index contributed by atoms with van der Waals surface area (Å²) in [5.41, 5.74) is -3.02. The van der Waals surface area contributed by atoms with Gasteiger partial charge in [0.2, 0.25) is 0 Å². The molecule has 0 aromatic heterocycles. The molecule has 0 spiro atoms. The molecule has 8 nitrogen and oxygen atoms in total. The number of rotatable bonds is 9. The first-order valence-electron chi connectivity index (χ1n) is 17.2. The zero-order valence-electron chi connectivity index (χ0n) is 28.6. The monoisotopic (exact) mass is 710 g/mol. The molecule has 0 aliphatic heterocycles. The van der Waals surface area contributed by atoms with Gasteiger partial charge in [0.05, 0.1) is 6.42 Å². The largest absolute Gasteiger partial charge is 0.426 e. The summed E-state index contributed by atoms with van der Waals surface area (Å²) in [6, 6.07) is 48.9. The van der Waals surface area contributed by atoms with Crippen molar-refractivity contribution in [2.45, 2.75) is 6.42 Å². The van der Waals surface area contributed by atoms with Gasteiger partial charge in [0.1, 0.15) is 23.0 Å². The molecule has 0 atom stereocenters. The number of ether oxygens (including phenoxy) is 4. The number of hydrogen-bond acceptors (Lipinski definition) is 8. The molecule has 262 valence electrons. The van der Waals surface area contributed by atoms with Gasteiger partial charge in [0, 0.05) is 21.5 Å². The molecule has 54 heavy (non-hydrogen) atoms. The maximum Gasteiger partial charge on any atom is 0.341 e. The van der Waals surface area contributed by atoms with E-state index in [4.69, 9.17) is 18.9 Å². The molecule has 0 amide bonds. The smallest absolute Gasteiger partial charge is 0.341 e. The maximum absolute atomic E-state index is 14.8. The summed E-state index contributed by atoms with van der Waals surface area (Å²) in [6.45, 7) is 0. The molecule has 0 heterocycles. The van der Waals surface area contributed by atoms with Crippen LogP contribution in [0.4, 0.5) is 0 Å². The van der Waals surface area contributed by atoms with Crippen LogP contribution in [0.15, 0.2) is 170 Å². The Morgan fingerprint density at radius 1 is 0.333 bits per heavy atom. The molecule has 0 aliphatic rings. The first kappa shape index (κ1) is 33.8. The van der Waals surface area contributed by atoms with E-state index >= 15 is 0 Å². The minimum absolute atomic E-state index is 0.0563. The predicted octanol–water partition coefficient (Wildman–Crippen LogP) is 9.40. The highest BCUT2D eigenvalue weighted by Crippen LogP contribution is 2.37. The fourth-order valence-corrected chi connectivity index (χ4v) is 6.54. The van der Waals surface area contributed by atoms with E-state index in [9.17, 15) is 19.2 Å². The van der Waals surface area contributed by atoms with Gasteiger partial charge in [-0.25, -0.2) is 14.4 Å². The Hall–Kier alpha value is -7.32. The Labute approximate surface area is 309 Å². The number of hydrogen-bond donors (Lipinski definition) is 0. The third kappa shape index (κ3) is 6.37. The second kappa shape index (κ2) is 14.4. The van der Waals surface area contributed by atoms with E-state index in [1.807, 2.05) is 72.8 Å². The third-order valence-electron chi connectivity index (χ3n) is 9.29. The van der Waals surface area contributed by atoms with Crippen molar-refractivity contribution >= 4 is 67.0 Å². The minimum atomic E-state index is -3.02. The van der Waals surface area contributed by atoms with Gasteiger partial charge in [-0.2, -0.15) is 0 Å². The number of esters is 4. The first-order chi connectivity index (χ1) is 26.4. The molecule has 0 aliphatic carbocycles. The van der Waals surface area contributed by atoms with E-state index in [0.29, 0.717) is 21.5 Å². The van der Waals surface area contributed by atoms with Gasteiger partial charge in [-0.1, -0.05) is 146 Å². The minimum Gasteiger partial charge on any atom is -0.426 e. The van der Waals surface area contributed by atoms with Crippen LogP contribution in [-0.2, 0) is 19.2 Å². The molecular weight excluding hydrogens is 680 g/mol. The van der Waals surface area contributed by atoms with Crippen molar-refractivity contribution in [1.82, 2.24) is 0 Å². The van der Waals surface area contributed by atoms with Crippen LogP contribution >= 0.6 is 0 Å². The molecule has 0 fully saturated rings. The molecule has 0 radical (unpaired) electrons. The highest BCUT2D eigenvalue weighted by Gasteiger charge is 2.60. The van der Waals surface area contributed by atoms with Crippen LogP contribution in [0.1, 0.15) is 6.42 Å². The van der Waals surface area contributed by atoms with Gasteiger partial charge in [-0.3, -0.25) is 4.79 Å². The van der Waals surface area contributed by atoms with Crippen molar-refractivity contribution in [1.29, 1.82) is 0 Å². The molecule has 8 rings (SSSR count). The molecule has 0 bridgehead atoms. The van der Waals surface area contributed by atoms with Gasteiger partial charge >= 0.3 is 23.9 Å². The van der Waals surface area contributed by atoms with Crippen molar-refractivity contribution in [3.8, 4) is 23.0 Å². The van der Waals surface area contributed by atoms with E-state index in [2.05, 4.69) is 0 Å². The van der Waals surface area contributed by atoms with E-state index in [-0.39, 0.29) is 23.0 Å². The number of carbonyl (C=O) groups is 4. The van der Waals surface area contributed by atoms with E-state index in [1.54, 1.807) is 78.9 Å². The van der Waals surface area contributed by atoms with Crippen molar-refractivity contribution < 1.29 is 38.1 Å². The molecule has 0 N–H and O–H groups in total. The van der Waals surface area contributed by atoms with Crippen LogP contribution in [0.2, 0.25) is 0 Å². The molecule has 8 aromatic carbocycles. The van der Waals surface area contributed by atoms with Crippen molar-refractivity contribution in [2.24, 2.45) is 5.41 Å². The second-order valence-electron chi connectivity index (χ2n) is 12.6. The highest BCUT2D eigenvalue weighted by atomic mass is 16.6. The van der Waals surface area contributed by atoms with Crippen LogP contribution in [0.3, 0.4) is 0 Å². The van der Waals surface area contributed by atoms with Crippen molar-refractivity contribution in [3.05, 3.63) is 170 Å². The maximum atomic E-state index is 14.8. The number of carbonyl (C=O) groups excluding carboxylic acids is 4. The van der Waals surface area contributed by atoms with E-state index < -0.39 is 35.7 Å².